The number of fused-ring (bicyclic) bond motifs is 4. The molecule has 0 atom stereocenters. The van der Waals surface area contributed by atoms with Crippen molar-refractivity contribution in [3.05, 3.63) is 170 Å². The van der Waals surface area contributed by atoms with E-state index in [4.69, 9.17) is 5.10 Å². The van der Waals surface area contributed by atoms with E-state index in [9.17, 15) is 0 Å². The van der Waals surface area contributed by atoms with Gasteiger partial charge >= 0.3 is 0 Å². The number of aromatic nitrogens is 2. The van der Waals surface area contributed by atoms with Crippen molar-refractivity contribution in [2.24, 2.45) is 0 Å². The molecule has 9 aromatic rings. The number of benzene rings is 6. The number of pyridine rings is 1. The molecule has 216 valence electrons. The van der Waals surface area contributed by atoms with Gasteiger partial charge in [0.05, 0.1) is 16.1 Å². The van der Waals surface area contributed by atoms with Gasteiger partial charge in [0.15, 0.2) is 0 Å². The summed E-state index contributed by atoms with van der Waals surface area (Å²) >= 11 is 1.81. The van der Waals surface area contributed by atoms with Gasteiger partial charge < -0.3 is 0 Å². The topological polar surface area (TPSA) is 17.3 Å². The van der Waals surface area contributed by atoms with E-state index in [0.29, 0.717) is 0 Å². The molecule has 0 aliphatic heterocycles. The van der Waals surface area contributed by atoms with Crippen molar-refractivity contribution in [2.45, 2.75) is 0 Å². The first-order chi connectivity index (χ1) is 22.8. The molecule has 0 radical (unpaired) electrons. The van der Waals surface area contributed by atoms with Gasteiger partial charge in [0.1, 0.15) is 5.69 Å². The predicted octanol–water partition coefficient (Wildman–Crippen LogP) is 12.0. The number of rotatable bonds is 5. The lowest BCUT2D eigenvalue weighted by molar-refractivity contribution is 0.981. The first-order valence-electron chi connectivity index (χ1n) is 15.6. The quantitative estimate of drug-likeness (QED) is 0.191. The van der Waals surface area contributed by atoms with Crippen molar-refractivity contribution in [3.63, 3.8) is 0 Å². The van der Waals surface area contributed by atoms with Crippen molar-refractivity contribution in [2.75, 3.05) is 0 Å². The maximum absolute atomic E-state index is 5.49. The smallest absolute Gasteiger partial charge is 0.111 e. The molecule has 3 aromatic heterocycles. The fourth-order valence-corrected chi connectivity index (χ4v) is 7.72. The third-order valence-corrected chi connectivity index (χ3v) is 9.93. The Morgan fingerprint density at radius 1 is 0.457 bits per heavy atom. The van der Waals surface area contributed by atoms with E-state index in [0.717, 1.165) is 33.6 Å². The monoisotopic (exact) mass is 604 g/mol. The molecule has 3 heterocycles. The van der Waals surface area contributed by atoms with Gasteiger partial charge in [0.25, 0.3) is 0 Å². The van der Waals surface area contributed by atoms with Crippen LogP contribution in [-0.2, 0) is 0 Å². The minimum absolute atomic E-state index is 1.01. The van der Waals surface area contributed by atoms with Crippen molar-refractivity contribution in [1.82, 2.24) is 9.61 Å². The number of hydrogen-bond acceptors (Lipinski definition) is 2. The lowest BCUT2D eigenvalue weighted by atomic mass is 9.90. The SMILES string of the molecule is c1ccc(-c2cc3cc(-c4ccccc4)n4nc(-c5cc6ccccc6s5)c(-c5ccccc5)c4c3cc2-c2ccccc2)cc1. The second-order valence-corrected chi connectivity index (χ2v) is 12.7. The van der Waals surface area contributed by atoms with E-state index in [1.165, 1.54) is 48.0 Å². The summed E-state index contributed by atoms with van der Waals surface area (Å²) in [6.45, 7) is 0. The maximum atomic E-state index is 5.49. The third-order valence-electron chi connectivity index (χ3n) is 8.81. The molecule has 0 bridgehead atoms. The van der Waals surface area contributed by atoms with Crippen LogP contribution in [0.3, 0.4) is 0 Å². The highest BCUT2D eigenvalue weighted by molar-refractivity contribution is 7.22. The summed E-state index contributed by atoms with van der Waals surface area (Å²) in [6, 6.07) is 60.9. The van der Waals surface area contributed by atoms with Gasteiger partial charge in [-0.2, -0.15) is 5.10 Å². The fraction of sp³-hybridized carbons (Fsp3) is 0. The third kappa shape index (κ3) is 4.44. The summed E-state index contributed by atoms with van der Waals surface area (Å²) in [5.41, 5.74) is 11.5. The average Bonchev–Trinajstić information content (AvgIpc) is 3.75. The van der Waals surface area contributed by atoms with E-state index in [1.807, 2.05) is 0 Å². The molecule has 3 heteroatoms. The van der Waals surface area contributed by atoms with Crippen molar-refractivity contribution < 1.29 is 0 Å². The van der Waals surface area contributed by atoms with Crippen LogP contribution in [0.1, 0.15) is 0 Å². The summed E-state index contributed by atoms with van der Waals surface area (Å²) in [6.07, 6.45) is 0. The van der Waals surface area contributed by atoms with Crippen LogP contribution in [0.15, 0.2) is 170 Å². The molecular weight excluding hydrogens is 577 g/mol. The van der Waals surface area contributed by atoms with Crippen LogP contribution >= 0.6 is 11.3 Å². The highest BCUT2D eigenvalue weighted by atomic mass is 32.1. The Hall–Kier alpha value is -5.77. The second-order valence-electron chi connectivity index (χ2n) is 11.6. The van der Waals surface area contributed by atoms with Crippen LogP contribution in [0.2, 0.25) is 0 Å². The molecule has 0 unspecified atom stereocenters. The van der Waals surface area contributed by atoms with Crippen LogP contribution in [0.25, 0.3) is 81.6 Å². The van der Waals surface area contributed by atoms with Crippen LogP contribution in [-0.4, -0.2) is 9.61 Å². The van der Waals surface area contributed by atoms with Gasteiger partial charge in [-0.3, -0.25) is 0 Å². The minimum atomic E-state index is 1.01. The van der Waals surface area contributed by atoms with E-state index >= 15 is 0 Å². The fourth-order valence-electron chi connectivity index (χ4n) is 6.67. The first kappa shape index (κ1) is 26.6. The zero-order valence-electron chi connectivity index (χ0n) is 25.0. The molecular formula is C43H28N2S. The highest BCUT2D eigenvalue weighted by Gasteiger charge is 2.24. The zero-order chi connectivity index (χ0) is 30.5. The van der Waals surface area contributed by atoms with Crippen LogP contribution in [0, 0.1) is 0 Å². The van der Waals surface area contributed by atoms with Crippen LogP contribution in [0.5, 0.6) is 0 Å². The summed E-state index contributed by atoms with van der Waals surface area (Å²) in [5.74, 6) is 0. The molecule has 2 nitrogen and oxygen atoms in total. The molecule has 0 spiro atoms. The minimum Gasteiger partial charge on any atom is -0.231 e. The zero-order valence-corrected chi connectivity index (χ0v) is 25.8. The number of hydrogen-bond donors (Lipinski definition) is 0. The molecule has 0 aliphatic rings. The average molecular weight is 605 g/mol. The lowest BCUT2D eigenvalue weighted by Gasteiger charge is -2.16. The largest absolute Gasteiger partial charge is 0.231 e. The van der Waals surface area contributed by atoms with E-state index in [2.05, 4.69) is 174 Å². The summed E-state index contributed by atoms with van der Waals surface area (Å²) in [4.78, 5) is 1.17. The van der Waals surface area contributed by atoms with Gasteiger partial charge in [-0.15, -0.1) is 11.3 Å². The van der Waals surface area contributed by atoms with Gasteiger partial charge in [0.2, 0.25) is 0 Å². The molecule has 46 heavy (non-hydrogen) atoms. The molecule has 0 amide bonds. The Morgan fingerprint density at radius 3 is 1.63 bits per heavy atom. The Bertz CT molecular complexity index is 2460. The molecule has 9 rings (SSSR count). The Kier molecular flexibility index (Phi) is 6.36. The Balaban J connectivity index is 1.47. The second kappa shape index (κ2) is 11.0. The molecule has 6 aromatic carbocycles. The van der Waals surface area contributed by atoms with Gasteiger partial charge in [-0.25, -0.2) is 4.52 Å². The van der Waals surface area contributed by atoms with Crippen molar-refractivity contribution >= 4 is 37.7 Å². The summed E-state index contributed by atoms with van der Waals surface area (Å²) < 4.78 is 3.46. The number of nitrogens with zero attached hydrogens (tertiary/aromatic N) is 2. The normalized spacial score (nSPS) is 11.5. The van der Waals surface area contributed by atoms with E-state index in [-0.39, 0.29) is 0 Å². The Labute approximate surface area is 271 Å². The Morgan fingerprint density at radius 2 is 1.00 bits per heavy atom. The highest BCUT2D eigenvalue weighted by Crippen LogP contribution is 2.46. The standard InChI is InChI=1S/C43H28N2S/c1-5-15-29(16-6-1)35-25-34-26-38(31-19-9-3-10-20-31)45-43(37(34)28-36(35)30-17-7-2-8-18-30)41(32-21-11-4-12-22-32)42(44-45)40-27-33-23-13-14-24-39(33)46-40/h1-28H. The lowest BCUT2D eigenvalue weighted by Crippen LogP contribution is -1.97. The van der Waals surface area contributed by atoms with Crippen LogP contribution < -0.4 is 0 Å². The van der Waals surface area contributed by atoms with Crippen molar-refractivity contribution in [3.8, 4) is 55.2 Å². The van der Waals surface area contributed by atoms with Gasteiger partial charge in [0, 0.05) is 21.2 Å². The first-order valence-corrected chi connectivity index (χ1v) is 16.4. The predicted molar refractivity (Wildman–Crippen MR) is 195 cm³/mol. The van der Waals surface area contributed by atoms with Crippen LogP contribution in [0.4, 0.5) is 0 Å². The van der Waals surface area contributed by atoms with Gasteiger partial charge in [-0.05, 0) is 68.9 Å². The number of thiophene rings is 1. The summed E-state index contributed by atoms with van der Waals surface area (Å²) in [7, 11) is 0. The molecule has 0 N–H and O–H groups in total. The molecule has 0 saturated carbocycles. The van der Waals surface area contributed by atoms with Gasteiger partial charge in [-0.1, -0.05) is 140 Å². The van der Waals surface area contributed by atoms with E-state index < -0.39 is 0 Å². The molecule has 0 aliphatic carbocycles. The summed E-state index contributed by atoms with van der Waals surface area (Å²) in [5, 5.41) is 9.10. The van der Waals surface area contributed by atoms with E-state index in [1.54, 1.807) is 11.3 Å². The molecule has 0 fully saturated rings. The van der Waals surface area contributed by atoms with Crippen molar-refractivity contribution in [1.29, 1.82) is 0 Å². The maximum Gasteiger partial charge on any atom is 0.111 e. The molecule has 0 saturated heterocycles.